The topological polar surface area (TPSA) is 104 Å². The molecule has 10 heteroatoms. The van der Waals surface area contributed by atoms with Gasteiger partial charge in [0.1, 0.15) is 23.1 Å². The number of alkyl halides is 3. The van der Waals surface area contributed by atoms with Crippen LogP contribution in [0.4, 0.5) is 13.2 Å². The molecule has 6 aromatic rings. The molecule has 2 fully saturated rings. The van der Waals surface area contributed by atoms with E-state index in [1.807, 2.05) is 6.07 Å². The standard InChI is InChI=1S/C56H66F3N5O2/c1-53(2,3)43(32-48(65)37-20-24-55(7,57)25-21-37)50-60-44-18-16-39(30-46(44)62-50)41-28-33-8-12-35(41)13-9-34-11-15-36(14-10-33)42(29-34)40-17-19-45-47(31-40)63-51(61-45)49(54(4,5)6)64-52(66)38-22-26-56(58,59)27-23-38/h8,11-12,15-19,28-31,37-38,43,49H,9-10,13-14,20-27,32H2,1-7H3,(H,60,62)(H,61,63)(H,64,66)/t37?,43-,49-,55?/m1/s1. The number of nitrogens with zero attached hydrogens (tertiary/aromatic N) is 2. The summed E-state index contributed by atoms with van der Waals surface area (Å²) in [7, 11) is 0. The molecule has 0 aliphatic heterocycles. The minimum Gasteiger partial charge on any atom is -0.345 e. The van der Waals surface area contributed by atoms with Gasteiger partial charge in [-0.3, -0.25) is 9.59 Å². The fraction of sp³-hybridized carbons (Fsp3) is 0.500. The van der Waals surface area contributed by atoms with Crippen LogP contribution in [0.5, 0.6) is 0 Å². The summed E-state index contributed by atoms with van der Waals surface area (Å²) in [6.07, 6.45) is 5.84. The molecule has 7 nitrogen and oxygen atoms in total. The van der Waals surface area contributed by atoms with E-state index in [1.54, 1.807) is 6.92 Å². The first kappa shape index (κ1) is 45.9. The number of aromatic nitrogens is 4. The van der Waals surface area contributed by atoms with Crippen molar-refractivity contribution in [1.29, 1.82) is 0 Å². The molecule has 0 saturated heterocycles. The number of nitrogens with one attached hydrogen (secondary N) is 3. The zero-order chi connectivity index (χ0) is 46.8. The largest absolute Gasteiger partial charge is 0.345 e. The first-order valence-corrected chi connectivity index (χ1v) is 24.3. The van der Waals surface area contributed by atoms with Gasteiger partial charge in [0.05, 0.1) is 28.1 Å². The Hall–Kier alpha value is -5.25. The smallest absolute Gasteiger partial charge is 0.248 e. The molecule has 0 radical (unpaired) electrons. The van der Waals surface area contributed by atoms with E-state index in [0.717, 1.165) is 64.7 Å². The average Bonchev–Trinajstić information content (AvgIpc) is 3.88. The number of rotatable bonds is 9. The molecule has 4 aromatic carbocycles. The summed E-state index contributed by atoms with van der Waals surface area (Å²) in [6.45, 7) is 14.3. The molecule has 0 spiro atoms. The Morgan fingerprint density at radius 2 is 1.15 bits per heavy atom. The van der Waals surface area contributed by atoms with E-state index in [-0.39, 0.29) is 60.0 Å². The zero-order valence-corrected chi connectivity index (χ0v) is 39.8. The van der Waals surface area contributed by atoms with Crippen molar-refractivity contribution in [3.8, 4) is 22.3 Å². The van der Waals surface area contributed by atoms with E-state index in [0.29, 0.717) is 37.9 Å². The summed E-state index contributed by atoms with van der Waals surface area (Å²) in [6, 6.07) is 26.2. The maximum absolute atomic E-state index is 14.6. The van der Waals surface area contributed by atoms with Crippen LogP contribution in [0.3, 0.4) is 0 Å². The van der Waals surface area contributed by atoms with Crippen LogP contribution >= 0.6 is 0 Å². The number of imidazole rings is 2. The molecule has 3 N–H and O–H groups in total. The maximum atomic E-state index is 14.6. The van der Waals surface area contributed by atoms with Gasteiger partial charge in [-0.05, 0) is 151 Å². The fourth-order valence-corrected chi connectivity index (χ4v) is 10.8. The quantitative estimate of drug-likeness (QED) is 0.134. The summed E-state index contributed by atoms with van der Waals surface area (Å²) >= 11 is 0. The highest BCUT2D eigenvalue weighted by Gasteiger charge is 2.40. The van der Waals surface area contributed by atoms with Crippen LogP contribution in [-0.2, 0) is 35.3 Å². The summed E-state index contributed by atoms with van der Waals surface area (Å²) in [5, 5.41) is 3.19. The number of H-pyrrole nitrogens is 2. The maximum Gasteiger partial charge on any atom is 0.248 e. The SMILES string of the molecule is CC1(F)CCC(C(=O)C[C@H](c2nc3ccc(-c4cc5ccc4CCc4ccc(c(-c6ccc7nc([C@@H](NC(=O)C8CCC(F)(F)CC8)C(C)(C)C)[nH]c7c6)c4)CC5)cc3[nH]2)C(C)(C)C)CC1. The van der Waals surface area contributed by atoms with E-state index in [2.05, 4.69) is 124 Å². The van der Waals surface area contributed by atoms with E-state index in [9.17, 15) is 22.8 Å². The fourth-order valence-electron chi connectivity index (χ4n) is 10.8. The second-order valence-electron chi connectivity index (χ2n) is 22.4. The van der Waals surface area contributed by atoms with Crippen LogP contribution in [0.1, 0.15) is 152 Å². The van der Waals surface area contributed by atoms with E-state index in [4.69, 9.17) is 9.97 Å². The molecule has 6 aliphatic carbocycles. The van der Waals surface area contributed by atoms with Crippen molar-refractivity contribution in [2.45, 2.75) is 155 Å². The van der Waals surface area contributed by atoms with Gasteiger partial charge < -0.3 is 15.3 Å². The number of fused-ring (bicyclic) bond motifs is 2. The first-order chi connectivity index (χ1) is 31.2. The minimum absolute atomic E-state index is 0.0854. The molecule has 2 heterocycles. The van der Waals surface area contributed by atoms with Crippen LogP contribution in [0, 0.1) is 22.7 Å². The first-order valence-electron chi connectivity index (χ1n) is 24.3. The van der Waals surface area contributed by atoms with Gasteiger partial charge in [-0.15, -0.1) is 0 Å². The number of ketones is 1. The molecular formula is C56H66F3N5O2. The number of carbonyl (C=O) groups is 2. The van der Waals surface area contributed by atoms with E-state index in [1.165, 1.54) is 33.4 Å². The number of aromatic amines is 2. The molecule has 348 valence electrons. The van der Waals surface area contributed by atoms with Gasteiger partial charge in [0.15, 0.2) is 0 Å². The van der Waals surface area contributed by atoms with Gasteiger partial charge in [0, 0.05) is 37.0 Å². The van der Waals surface area contributed by atoms with E-state index < -0.39 is 23.6 Å². The van der Waals surface area contributed by atoms with Crippen molar-refractivity contribution < 1.29 is 22.8 Å². The third kappa shape index (κ3) is 9.89. The Balaban J connectivity index is 0.942. The van der Waals surface area contributed by atoms with Gasteiger partial charge in [-0.1, -0.05) is 90.1 Å². The molecule has 1 amide bonds. The second kappa shape index (κ2) is 17.4. The number of hydrogen-bond donors (Lipinski definition) is 3. The number of Topliss-reactive ketones (excluding diaryl/α,β-unsaturated/α-hetero) is 1. The van der Waals surface area contributed by atoms with Crippen LogP contribution in [-0.4, -0.2) is 43.2 Å². The highest BCUT2D eigenvalue weighted by atomic mass is 19.3. The normalized spacial score (nSPS) is 21.4. The van der Waals surface area contributed by atoms with Crippen molar-refractivity contribution in [2.24, 2.45) is 22.7 Å². The molecule has 2 aromatic heterocycles. The van der Waals surface area contributed by atoms with Gasteiger partial charge >= 0.3 is 0 Å². The van der Waals surface area contributed by atoms with Gasteiger partial charge in [-0.25, -0.2) is 23.1 Å². The molecule has 0 unspecified atom stereocenters. The summed E-state index contributed by atoms with van der Waals surface area (Å²) in [5.74, 6) is -1.75. The summed E-state index contributed by atoms with van der Waals surface area (Å²) in [5.41, 5.74) is 11.5. The van der Waals surface area contributed by atoms with Crippen molar-refractivity contribution in [2.75, 3.05) is 0 Å². The van der Waals surface area contributed by atoms with E-state index >= 15 is 0 Å². The third-order valence-electron chi connectivity index (χ3n) is 15.1. The predicted octanol–water partition coefficient (Wildman–Crippen LogP) is 13.7. The molecule has 4 bridgehead atoms. The van der Waals surface area contributed by atoms with Gasteiger partial charge in [0.2, 0.25) is 11.8 Å². The van der Waals surface area contributed by atoms with Gasteiger partial charge in [-0.2, -0.15) is 0 Å². The van der Waals surface area contributed by atoms with Crippen LogP contribution < -0.4 is 5.32 Å². The Morgan fingerprint density at radius 3 is 1.67 bits per heavy atom. The zero-order valence-electron chi connectivity index (χ0n) is 39.8. The summed E-state index contributed by atoms with van der Waals surface area (Å²) < 4.78 is 42.3. The molecule has 2 atom stereocenters. The lowest BCUT2D eigenvalue weighted by molar-refractivity contribution is -0.131. The minimum atomic E-state index is -2.69. The number of halogens is 3. The third-order valence-corrected chi connectivity index (χ3v) is 15.1. The highest BCUT2D eigenvalue weighted by Crippen LogP contribution is 2.43. The highest BCUT2D eigenvalue weighted by molar-refractivity contribution is 5.86. The number of benzene rings is 4. The number of hydrogen-bond acceptors (Lipinski definition) is 4. The van der Waals surface area contributed by atoms with Crippen molar-refractivity contribution in [3.63, 3.8) is 0 Å². The Morgan fingerprint density at radius 1 is 0.652 bits per heavy atom. The molecule has 6 aliphatic rings. The second-order valence-corrected chi connectivity index (χ2v) is 22.4. The number of carbonyl (C=O) groups excluding carboxylic acids is 2. The Labute approximate surface area is 387 Å². The summed E-state index contributed by atoms with van der Waals surface area (Å²) in [4.78, 5) is 44.3. The van der Waals surface area contributed by atoms with Crippen LogP contribution in [0.25, 0.3) is 44.3 Å². The lowest BCUT2D eigenvalue weighted by Gasteiger charge is -2.33. The molecule has 12 rings (SSSR count). The monoisotopic (exact) mass is 898 g/mol. The Kier molecular flexibility index (Phi) is 12.1. The van der Waals surface area contributed by atoms with Crippen molar-refractivity contribution in [1.82, 2.24) is 25.3 Å². The van der Waals surface area contributed by atoms with Gasteiger partial charge in [0.25, 0.3) is 0 Å². The molecular weight excluding hydrogens is 832 g/mol. The van der Waals surface area contributed by atoms with Crippen LogP contribution in [0.2, 0.25) is 0 Å². The Bertz CT molecular complexity index is 2580. The number of aryl methyl sites for hydroxylation is 4. The predicted molar refractivity (Wildman–Crippen MR) is 258 cm³/mol. The van der Waals surface area contributed by atoms with Crippen molar-refractivity contribution in [3.05, 3.63) is 107 Å². The number of amides is 1. The lowest BCUT2D eigenvalue weighted by Crippen LogP contribution is -2.42. The average molecular weight is 898 g/mol. The van der Waals surface area contributed by atoms with Crippen LogP contribution in [0.15, 0.2) is 72.8 Å². The lowest BCUT2D eigenvalue weighted by atomic mass is 9.73. The molecule has 2 saturated carbocycles. The van der Waals surface area contributed by atoms with Crippen molar-refractivity contribution >= 4 is 33.8 Å². The molecule has 66 heavy (non-hydrogen) atoms.